The molecular weight excluding hydrogens is 430 g/mol. The molecule has 0 aliphatic rings. The number of Topliss-reactive ketones (excluding diaryl/α,β-unsaturated/α-hetero) is 1. The SMILES string of the molecule is COc1cc(NC(C(=O)c2c[nH]c3ccc(F)cc23)c2ccc(F)cc2)cc(OCCO)c1. The van der Waals surface area contributed by atoms with E-state index >= 15 is 0 Å². The third kappa shape index (κ3) is 4.96. The fourth-order valence-corrected chi connectivity index (χ4v) is 3.59. The van der Waals surface area contributed by atoms with Crippen molar-refractivity contribution in [3.8, 4) is 11.5 Å². The molecule has 8 heteroatoms. The van der Waals surface area contributed by atoms with Gasteiger partial charge < -0.3 is 24.9 Å². The summed E-state index contributed by atoms with van der Waals surface area (Å²) < 4.78 is 38.3. The van der Waals surface area contributed by atoms with Crippen LogP contribution in [0.2, 0.25) is 0 Å². The lowest BCUT2D eigenvalue weighted by atomic mass is 9.96. The minimum Gasteiger partial charge on any atom is -0.497 e. The summed E-state index contributed by atoms with van der Waals surface area (Å²) in [5.41, 5.74) is 1.95. The normalized spacial score (nSPS) is 11.9. The van der Waals surface area contributed by atoms with Crippen molar-refractivity contribution in [2.75, 3.05) is 25.6 Å². The van der Waals surface area contributed by atoms with Gasteiger partial charge in [0, 0.05) is 46.5 Å². The van der Waals surface area contributed by atoms with Crippen molar-refractivity contribution in [3.05, 3.63) is 89.6 Å². The summed E-state index contributed by atoms with van der Waals surface area (Å²) in [6, 6.07) is 13.8. The summed E-state index contributed by atoms with van der Waals surface area (Å²) in [6.45, 7) is -0.0678. The molecule has 0 saturated carbocycles. The first-order valence-corrected chi connectivity index (χ1v) is 10.2. The van der Waals surface area contributed by atoms with Crippen LogP contribution in [-0.2, 0) is 0 Å². The molecule has 4 aromatic rings. The van der Waals surface area contributed by atoms with E-state index in [0.717, 1.165) is 0 Å². The molecule has 0 aliphatic carbocycles. The molecule has 1 atom stereocenters. The smallest absolute Gasteiger partial charge is 0.191 e. The van der Waals surface area contributed by atoms with Crippen molar-refractivity contribution in [2.45, 2.75) is 6.04 Å². The molecule has 1 unspecified atom stereocenters. The number of aromatic nitrogens is 1. The Balaban J connectivity index is 1.75. The average molecular weight is 452 g/mol. The predicted octanol–water partition coefficient (Wildman–Crippen LogP) is 4.86. The van der Waals surface area contributed by atoms with E-state index in [4.69, 9.17) is 14.6 Å². The maximum atomic E-state index is 13.9. The van der Waals surface area contributed by atoms with E-state index in [9.17, 15) is 13.6 Å². The summed E-state index contributed by atoms with van der Waals surface area (Å²) >= 11 is 0. The summed E-state index contributed by atoms with van der Waals surface area (Å²) in [5, 5.41) is 12.7. The Labute approximate surface area is 188 Å². The predicted molar refractivity (Wildman–Crippen MR) is 121 cm³/mol. The Morgan fingerprint density at radius 3 is 2.48 bits per heavy atom. The summed E-state index contributed by atoms with van der Waals surface area (Å²) in [5.74, 6) is -0.307. The number of fused-ring (bicyclic) bond motifs is 1. The highest BCUT2D eigenvalue weighted by Crippen LogP contribution is 2.32. The molecule has 0 bridgehead atoms. The molecule has 3 N–H and O–H groups in total. The molecule has 0 fully saturated rings. The molecule has 3 aromatic carbocycles. The lowest BCUT2D eigenvalue weighted by Gasteiger charge is -2.20. The number of ketones is 1. The first kappa shape index (κ1) is 22.3. The van der Waals surface area contributed by atoms with Crippen LogP contribution < -0.4 is 14.8 Å². The minimum absolute atomic E-state index is 0.0911. The van der Waals surface area contributed by atoms with Gasteiger partial charge in [0.15, 0.2) is 5.78 Å². The number of aliphatic hydroxyl groups excluding tert-OH is 1. The number of carbonyl (C=O) groups is 1. The number of anilines is 1. The minimum atomic E-state index is -0.911. The Bertz CT molecular complexity index is 1270. The van der Waals surface area contributed by atoms with E-state index in [-0.39, 0.29) is 19.0 Å². The third-order valence-electron chi connectivity index (χ3n) is 5.16. The van der Waals surface area contributed by atoms with Gasteiger partial charge >= 0.3 is 0 Å². The van der Waals surface area contributed by atoms with Gasteiger partial charge in [0.1, 0.15) is 35.8 Å². The molecule has 0 aliphatic heterocycles. The van der Waals surface area contributed by atoms with E-state index in [1.807, 2.05) is 0 Å². The average Bonchev–Trinajstić information content (AvgIpc) is 3.24. The zero-order valence-electron chi connectivity index (χ0n) is 17.8. The Kier molecular flexibility index (Phi) is 6.55. The van der Waals surface area contributed by atoms with Crippen LogP contribution in [-0.4, -0.2) is 36.2 Å². The molecule has 1 aromatic heterocycles. The number of aromatic amines is 1. The van der Waals surface area contributed by atoms with Crippen LogP contribution in [0.4, 0.5) is 14.5 Å². The quantitative estimate of drug-likeness (QED) is 0.316. The highest BCUT2D eigenvalue weighted by molar-refractivity contribution is 6.11. The highest BCUT2D eigenvalue weighted by atomic mass is 19.1. The topological polar surface area (TPSA) is 83.6 Å². The van der Waals surface area contributed by atoms with Crippen molar-refractivity contribution in [1.82, 2.24) is 4.98 Å². The fourth-order valence-electron chi connectivity index (χ4n) is 3.59. The van der Waals surface area contributed by atoms with Crippen LogP contribution in [0.1, 0.15) is 22.0 Å². The van der Waals surface area contributed by atoms with Gasteiger partial charge in [-0.05, 0) is 35.9 Å². The zero-order valence-corrected chi connectivity index (χ0v) is 17.8. The first-order chi connectivity index (χ1) is 16.0. The van der Waals surface area contributed by atoms with Gasteiger partial charge in [-0.25, -0.2) is 8.78 Å². The number of benzene rings is 3. The van der Waals surface area contributed by atoms with Crippen LogP contribution in [0.3, 0.4) is 0 Å². The van der Waals surface area contributed by atoms with Gasteiger partial charge in [-0.2, -0.15) is 0 Å². The molecule has 6 nitrogen and oxygen atoms in total. The maximum Gasteiger partial charge on any atom is 0.191 e. The number of carbonyl (C=O) groups excluding carboxylic acids is 1. The van der Waals surface area contributed by atoms with Crippen LogP contribution in [0.25, 0.3) is 10.9 Å². The maximum absolute atomic E-state index is 13.9. The van der Waals surface area contributed by atoms with Crippen molar-refractivity contribution >= 4 is 22.4 Å². The molecule has 0 spiro atoms. The number of methoxy groups -OCH3 is 1. The lowest BCUT2D eigenvalue weighted by molar-refractivity contribution is 0.0971. The number of nitrogens with one attached hydrogen (secondary N) is 2. The second-order valence-electron chi connectivity index (χ2n) is 7.35. The second kappa shape index (κ2) is 9.70. The van der Waals surface area contributed by atoms with Crippen molar-refractivity contribution in [1.29, 1.82) is 0 Å². The van der Waals surface area contributed by atoms with Crippen molar-refractivity contribution in [2.24, 2.45) is 0 Å². The van der Waals surface area contributed by atoms with Crippen LogP contribution in [0.15, 0.2) is 66.9 Å². The largest absolute Gasteiger partial charge is 0.497 e. The summed E-state index contributed by atoms with van der Waals surface area (Å²) in [6.07, 6.45) is 1.53. The number of ether oxygens (including phenoxy) is 2. The second-order valence-corrected chi connectivity index (χ2v) is 7.35. The molecule has 0 radical (unpaired) electrons. The molecule has 33 heavy (non-hydrogen) atoms. The monoisotopic (exact) mass is 452 g/mol. The Morgan fingerprint density at radius 2 is 1.76 bits per heavy atom. The molecule has 0 saturated heterocycles. The number of rotatable bonds is 9. The molecule has 1 heterocycles. The molecule has 4 rings (SSSR count). The number of aliphatic hydroxyl groups is 1. The standard InChI is InChI=1S/C25H22F2N2O4/c1-32-19-11-18(12-20(13-19)33-9-8-30)29-24(15-2-4-16(26)5-3-15)25(31)22-14-28-23-7-6-17(27)10-21(22)23/h2-7,10-14,24,28-30H,8-9H2,1H3. The first-order valence-electron chi connectivity index (χ1n) is 10.2. The van der Waals surface area contributed by atoms with E-state index in [1.165, 1.54) is 49.7 Å². The highest BCUT2D eigenvalue weighted by Gasteiger charge is 2.25. The van der Waals surface area contributed by atoms with E-state index in [2.05, 4.69) is 10.3 Å². The van der Waals surface area contributed by atoms with Gasteiger partial charge in [0.2, 0.25) is 0 Å². The Morgan fingerprint density at radius 1 is 1.03 bits per heavy atom. The van der Waals surface area contributed by atoms with Gasteiger partial charge in [-0.15, -0.1) is 0 Å². The summed E-state index contributed by atoms with van der Waals surface area (Å²) in [7, 11) is 1.50. The van der Waals surface area contributed by atoms with Gasteiger partial charge in [-0.3, -0.25) is 4.79 Å². The Hall–Kier alpha value is -3.91. The van der Waals surface area contributed by atoms with Crippen LogP contribution in [0, 0.1) is 11.6 Å². The van der Waals surface area contributed by atoms with Gasteiger partial charge in [-0.1, -0.05) is 12.1 Å². The van der Waals surface area contributed by atoms with Crippen LogP contribution in [0.5, 0.6) is 11.5 Å². The van der Waals surface area contributed by atoms with E-state index in [1.54, 1.807) is 24.3 Å². The van der Waals surface area contributed by atoms with Crippen LogP contribution >= 0.6 is 0 Å². The fraction of sp³-hybridized carbons (Fsp3) is 0.160. The van der Waals surface area contributed by atoms with Gasteiger partial charge in [0.05, 0.1) is 13.7 Å². The third-order valence-corrected chi connectivity index (χ3v) is 5.16. The number of hydrogen-bond acceptors (Lipinski definition) is 5. The van der Waals surface area contributed by atoms with Crippen molar-refractivity contribution < 1.29 is 28.2 Å². The lowest BCUT2D eigenvalue weighted by Crippen LogP contribution is -2.21. The number of H-pyrrole nitrogens is 1. The van der Waals surface area contributed by atoms with E-state index in [0.29, 0.717) is 39.2 Å². The van der Waals surface area contributed by atoms with Gasteiger partial charge in [0.25, 0.3) is 0 Å². The van der Waals surface area contributed by atoms with E-state index < -0.39 is 17.7 Å². The van der Waals surface area contributed by atoms with Crippen molar-refractivity contribution in [3.63, 3.8) is 0 Å². The zero-order chi connectivity index (χ0) is 23.4. The number of hydrogen-bond donors (Lipinski definition) is 3. The molecule has 0 amide bonds. The molecule has 170 valence electrons. The summed E-state index contributed by atoms with van der Waals surface area (Å²) in [4.78, 5) is 16.6. The number of halogens is 2. The molecular formula is C25H22F2N2O4.